The van der Waals surface area contributed by atoms with Crippen LogP contribution in [0.25, 0.3) is 11.5 Å². The predicted molar refractivity (Wildman–Crippen MR) is 75.3 cm³/mol. The molecule has 0 radical (unpaired) electrons. The molecule has 0 aliphatic carbocycles. The average Bonchev–Trinajstić information content (AvgIpc) is 3.09. The number of aromatic nitrogens is 2. The van der Waals surface area contributed by atoms with Gasteiger partial charge in [0.05, 0.1) is 13.2 Å². The van der Waals surface area contributed by atoms with Crippen molar-refractivity contribution in [1.82, 2.24) is 15.0 Å². The Hall–Kier alpha value is -1.43. The van der Waals surface area contributed by atoms with E-state index in [0.717, 1.165) is 24.9 Å². The Morgan fingerprint density at radius 3 is 2.90 bits per heavy atom. The summed E-state index contributed by atoms with van der Waals surface area (Å²) < 4.78 is 5.28. The minimum Gasteiger partial charge on any atom is -0.395 e. The third kappa shape index (κ3) is 2.85. The Morgan fingerprint density at radius 1 is 1.35 bits per heavy atom. The van der Waals surface area contributed by atoms with E-state index in [9.17, 15) is 5.11 Å². The quantitative estimate of drug-likeness (QED) is 0.937. The number of halogens is 1. The minimum absolute atomic E-state index is 0.182. The van der Waals surface area contributed by atoms with Crippen LogP contribution in [0.2, 0.25) is 5.02 Å². The molecule has 3 rings (SSSR count). The molecule has 1 aromatic carbocycles. The van der Waals surface area contributed by atoms with Gasteiger partial charge in [0.1, 0.15) is 0 Å². The normalized spacial score (nSPS) is 19.6. The van der Waals surface area contributed by atoms with Crippen molar-refractivity contribution >= 4 is 11.6 Å². The lowest BCUT2D eigenvalue weighted by Crippen LogP contribution is -2.31. The molecule has 6 heteroatoms. The topological polar surface area (TPSA) is 62.4 Å². The number of nitrogens with zero attached hydrogens (tertiary/aromatic N) is 3. The van der Waals surface area contributed by atoms with Gasteiger partial charge in [-0.2, -0.15) is 4.98 Å². The highest BCUT2D eigenvalue weighted by molar-refractivity contribution is 6.30. The molecular weight excluding hydrogens is 278 g/mol. The van der Waals surface area contributed by atoms with E-state index in [-0.39, 0.29) is 12.6 Å². The van der Waals surface area contributed by atoms with E-state index in [2.05, 4.69) is 15.0 Å². The first-order chi connectivity index (χ1) is 9.76. The van der Waals surface area contributed by atoms with Crippen LogP contribution >= 0.6 is 11.6 Å². The summed E-state index contributed by atoms with van der Waals surface area (Å²) in [5.41, 5.74) is 0.855. The molecule has 1 saturated heterocycles. The second kappa shape index (κ2) is 5.91. The van der Waals surface area contributed by atoms with Gasteiger partial charge in [0.25, 0.3) is 5.89 Å². The summed E-state index contributed by atoms with van der Waals surface area (Å²) >= 11 is 5.85. The maximum atomic E-state index is 9.31. The summed E-state index contributed by atoms with van der Waals surface area (Å²) in [6.45, 7) is 1.76. The van der Waals surface area contributed by atoms with Crippen molar-refractivity contribution in [2.24, 2.45) is 0 Å². The molecular formula is C14H16ClN3O2. The molecule has 1 aliphatic rings. The molecule has 1 N–H and O–H groups in total. The van der Waals surface area contributed by atoms with Crippen molar-refractivity contribution in [1.29, 1.82) is 0 Å². The summed E-state index contributed by atoms with van der Waals surface area (Å²) in [5.74, 6) is 1.15. The summed E-state index contributed by atoms with van der Waals surface area (Å²) in [5, 5.41) is 14.0. The number of hydrogen-bond donors (Lipinski definition) is 1. The van der Waals surface area contributed by atoms with Crippen LogP contribution in [0.3, 0.4) is 0 Å². The van der Waals surface area contributed by atoms with Crippen molar-refractivity contribution in [3.8, 4) is 11.5 Å². The lowest BCUT2D eigenvalue weighted by Gasteiger charge is -2.20. The zero-order valence-corrected chi connectivity index (χ0v) is 11.8. The summed E-state index contributed by atoms with van der Waals surface area (Å²) in [7, 11) is 0. The van der Waals surface area contributed by atoms with Crippen LogP contribution in [0.5, 0.6) is 0 Å². The molecule has 5 nitrogen and oxygen atoms in total. The Labute approximate surface area is 122 Å². The Morgan fingerprint density at radius 2 is 2.15 bits per heavy atom. The molecule has 2 aromatic rings. The van der Waals surface area contributed by atoms with Crippen LogP contribution in [0.15, 0.2) is 28.8 Å². The highest BCUT2D eigenvalue weighted by atomic mass is 35.5. The molecule has 0 saturated carbocycles. The van der Waals surface area contributed by atoms with E-state index in [1.807, 2.05) is 12.1 Å². The first kappa shape index (κ1) is 13.5. The molecule has 20 heavy (non-hydrogen) atoms. The molecule has 0 amide bonds. The van der Waals surface area contributed by atoms with Gasteiger partial charge in [-0.25, -0.2) is 0 Å². The van der Waals surface area contributed by atoms with E-state index >= 15 is 0 Å². The van der Waals surface area contributed by atoms with Gasteiger partial charge in [0.15, 0.2) is 5.82 Å². The van der Waals surface area contributed by atoms with Gasteiger partial charge in [-0.1, -0.05) is 16.8 Å². The van der Waals surface area contributed by atoms with Crippen molar-refractivity contribution in [2.75, 3.05) is 13.2 Å². The van der Waals surface area contributed by atoms with E-state index in [4.69, 9.17) is 16.1 Å². The number of rotatable bonds is 4. The summed E-state index contributed by atoms with van der Waals surface area (Å²) in [4.78, 5) is 6.59. The van der Waals surface area contributed by atoms with Crippen molar-refractivity contribution < 1.29 is 9.63 Å². The molecule has 0 spiro atoms. The Balaban J connectivity index is 1.72. The van der Waals surface area contributed by atoms with Crippen LogP contribution in [-0.4, -0.2) is 39.3 Å². The van der Waals surface area contributed by atoms with Gasteiger partial charge in [-0.15, -0.1) is 0 Å². The maximum absolute atomic E-state index is 9.31. The fourth-order valence-corrected chi connectivity index (χ4v) is 2.65. The first-order valence-corrected chi connectivity index (χ1v) is 7.07. The van der Waals surface area contributed by atoms with Crippen molar-refractivity contribution in [3.05, 3.63) is 35.1 Å². The highest BCUT2D eigenvalue weighted by Gasteiger charge is 2.25. The number of hydrogen-bond acceptors (Lipinski definition) is 5. The zero-order valence-electron chi connectivity index (χ0n) is 11.0. The lowest BCUT2D eigenvalue weighted by atomic mass is 10.2. The monoisotopic (exact) mass is 293 g/mol. The molecule has 1 aromatic heterocycles. The molecule has 0 unspecified atom stereocenters. The van der Waals surface area contributed by atoms with Gasteiger partial charge in [-0.05, 0) is 43.7 Å². The first-order valence-electron chi connectivity index (χ1n) is 6.69. The largest absolute Gasteiger partial charge is 0.395 e. The molecule has 1 aliphatic heterocycles. The number of aliphatic hydroxyl groups is 1. The summed E-state index contributed by atoms with van der Waals surface area (Å²) in [6.07, 6.45) is 2.13. The van der Waals surface area contributed by atoms with Crippen LogP contribution in [0.1, 0.15) is 18.7 Å². The molecule has 1 atom stereocenters. The number of likely N-dealkylation sites (tertiary alicyclic amines) is 1. The van der Waals surface area contributed by atoms with Gasteiger partial charge < -0.3 is 9.63 Å². The average molecular weight is 294 g/mol. The predicted octanol–water partition coefficient (Wildman–Crippen LogP) is 2.35. The van der Waals surface area contributed by atoms with Crippen molar-refractivity contribution in [2.45, 2.75) is 25.4 Å². The third-order valence-electron chi connectivity index (χ3n) is 3.61. The standard InChI is InChI=1S/C14H16ClN3O2/c15-11-5-3-10(4-6-11)14-16-13(17-20-14)8-18-7-1-2-12(18)9-19/h3-6,12,19H,1-2,7-9H2/t12-/m1/s1. The van der Waals surface area contributed by atoms with E-state index in [1.165, 1.54) is 0 Å². The highest BCUT2D eigenvalue weighted by Crippen LogP contribution is 2.22. The Bertz CT molecular complexity index is 570. The van der Waals surface area contributed by atoms with Gasteiger partial charge >= 0.3 is 0 Å². The molecule has 0 bridgehead atoms. The van der Waals surface area contributed by atoms with Crippen LogP contribution in [0.4, 0.5) is 0 Å². The van der Waals surface area contributed by atoms with E-state index < -0.39 is 0 Å². The smallest absolute Gasteiger partial charge is 0.257 e. The SMILES string of the molecule is OC[C@H]1CCCN1Cc1noc(-c2ccc(Cl)cc2)n1. The third-order valence-corrected chi connectivity index (χ3v) is 3.87. The van der Waals surface area contributed by atoms with Crippen LogP contribution < -0.4 is 0 Å². The second-order valence-electron chi connectivity index (χ2n) is 4.97. The summed E-state index contributed by atoms with van der Waals surface area (Å²) in [6, 6.07) is 7.51. The van der Waals surface area contributed by atoms with Crippen molar-refractivity contribution in [3.63, 3.8) is 0 Å². The molecule has 1 fully saturated rings. The van der Waals surface area contributed by atoms with E-state index in [0.29, 0.717) is 23.3 Å². The fraction of sp³-hybridized carbons (Fsp3) is 0.429. The minimum atomic E-state index is 0.182. The van der Waals surface area contributed by atoms with Crippen LogP contribution in [-0.2, 0) is 6.54 Å². The number of benzene rings is 1. The Kier molecular flexibility index (Phi) is 4.00. The van der Waals surface area contributed by atoms with E-state index in [1.54, 1.807) is 12.1 Å². The fourth-order valence-electron chi connectivity index (χ4n) is 2.52. The lowest BCUT2D eigenvalue weighted by molar-refractivity contribution is 0.150. The molecule has 106 valence electrons. The molecule has 2 heterocycles. The van der Waals surface area contributed by atoms with Gasteiger partial charge in [-0.3, -0.25) is 4.90 Å². The van der Waals surface area contributed by atoms with Gasteiger partial charge in [0.2, 0.25) is 0 Å². The number of aliphatic hydroxyl groups excluding tert-OH is 1. The van der Waals surface area contributed by atoms with Crippen LogP contribution in [0, 0.1) is 0 Å². The maximum Gasteiger partial charge on any atom is 0.257 e. The van der Waals surface area contributed by atoms with Gasteiger partial charge in [0, 0.05) is 16.6 Å². The zero-order chi connectivity index (χ0) is 13.9. The second-order valence-corrected chi connectivity index (χ2v) is 5.41.